The molecule has 2 rings (SSSR count). The summed E-state index contributed by atoms with van der Waals surface area (Å²) in [5, 5.41) is 12.9. The Bertz CT molecular complexity index is 724. The van der Waals surface area contributed by atoms with E-state index in [0.717, 1.165) is 0 Å². The fourth-order valence-electron chi connectivity index (χ4n) is 1.79. The number of hydrogen-bond acceptors (Lipinski definition) is 6. The van der Waals surface area contributed by atoms with Crippen LogP contribution in [0.3, 0.4) is 0 Å². The first-order valence-electron chi connectivity index (χ1n) is 6.16. The third-order valence-electron chi connectivity index (χ3n) is 2.85. The highest BCUT2D eigenvalue weighted by Gasteiger charge is 2.17. The summed E-state index contributed by atoms with van der Waals surface area (Å²) in [5.41, 5.74) is 1.08. The van der Waals surface area contributed by atoms with Gasteiger partial charge in [-0.05, 0) is 25.1 Å². The molecule has 1 aromatic carbocycles. The second kappa shape index (κ2) is 6.25. The summed E-state index contributed by atoms with van der Waals surface area (Å²) < 4.78 is 36.8. The number of aliphatic hydroxyl groups excluding tert-OH is 1. The standard InChI is InChI=1S/C13H16N2O5S/c1-9-5-11(20-15-9)7-14-21(17,18)12-3-4-13(19-2)10(6-12)8-16/h3-6,14,16H,7-8H2,1-2H3. The topological polar surface area (TPSA) is 102 Å². The van der Waals surface area contributed by atoms with Crippen LogP contribution in [-0.4, -0.2) is 25.8 Å². The molecule has 0 radical (unpaired) electrons. The summed E-state index contributed by atoms with van der Waals surface area (Å²) in [4.78, 5) is 0.0450. The Kier molecular flexibility index (Phi) is 4.61. The lowest BCUT2D eigenvalue weighted by Gasteiger charge is -2.10. The molecule has 0 aliphatic rings. The maximum Gasteiger partial charge on any atom is 0.240 e. The molecule has 0 aliphatic carbocycles. The number of nitrogens with one attached hydrogen (secondary N) is 1. The number of ether oxygens (including phenoxy) is 1. The van der Waals surface area contributed by atoms with Gasteiger partial charge in [0.25, 0.3) is 0 Å². The fraction of sp³-hybridized carbons (Fsp3) is 0.308. The molecule has 8 heteroatoms. The second-order valence-electron chi connectivity index (χ2n) is 4.39. The van der Waals surface area contributed by atoms with E-state index in [9.17, 15) is 13.5 Å². The van der Waals surface area contributed by atoms with Gasteiger partial charge in [0.15, 0.2) is 5.76 Å². The van der Waals surface area contributed by atoms with Crippen molar-refractivity contribution in [3.8, 4) is 5.75 Å². The van der Waals surface area contributed by atoms with Crippen LogP contribution in [0.1, 0.15) is 17.0 Å². The normalized spacial score (nSPS) is 11.6. The van der Waals surface area contributed by atoms with Crippen molar-refractivity contribution in [2.24, 2.45) is 0 Å². The van der Waals surface area contributed by atoms with E-state index >= 15 is 0 Å². The number of aryl methyl sites for hydroxylation is 1. The number of aromatic nitrogens is 1. The van der Waals surface area contributed by atoms with Crippen molar-refractivity contribution in [2.75, 3.05) is 7.11 Å². The summed E-state index contributed by atoms with van der Waals surface area (Å²) >= 11 is 0. The lowest BCUT2D eigenvalue weighted by atomic mass is 10.2. The largest absolute Gasteiger partial charge is 0.496 e. The molecule has 2 aromatic rings. The van der Waals surface area contributed by atoms with Gasteiger partial charge in [-0.15, -0.1) is 0 Å². The van der Waals surface area contributed by atoms with Gasteiger partial charge in [-0.3, -0.25) is 0 Å². The Hall–Kier alpha value is -1.90. The quantitative estimate of drug-likeness (QED) is 0.824. The van der Waals surface area contributed by atoms with Gasteiger partial charge < -0.3 is 14.4 Å². The Morgan fingerprint density at radius 1 is 1.38 bits per heavy atom. The zero-order valence-electron chi connectivity index (χ0n) is 11.7. The van der Waals surface area contributed by atoms with E-state index in [2.05, 4.69) is 9.88 Å². The molecule has 0 saturated carbocycles. The number of benzene rings is 1. The molecule has 0 spiro atoms. The molecule has 0 atom stereocenters. The minimum atomic E-state index is -3.71. The van der Waals surface area contributed by atoms with Crippen LogP contribution in [0.2, 0.25) is 0 Å². The van der Waals surface area contributed by atoms with Gasteiger partial charge in [0.1, 0.15) is 5.75 Å². The number of hydrogen-bond donors (Lipinski definition) is 2. The van der Waals surface area contributed by atoms with E-state index in [1.807, 2.05) is 0 Å². The van der Waals surface area contributed by atoms with Crippen LogP contribution in [-0.2, 0) is 23.2 Å². The van der Waals surface area contributed by atoms with Gasteiger partial charge in [-0.1, -0.05) is 5.16 Å². The predicted octanol–water partition coefficient (Wildman–Crippen LogP) is 0.962. The summed E-state index contributed by atoms with van der Waals surface area (Å²) in [7, 11) is -2.26. The molecular formula is C13H16N2O5S. The first-order chi connectivity index (χ1) is 9.96. The number of aliphatic hydroxyl groups is 1. The monoisotopic (exact) mass is 312 g/mol. The molecule has 0 amide bonds. The molecule has 0 unspecified atom stereocenters. The highest BCUT2D eigenvalue weighted by molar-refractivity contribution is 7.89. The molecule has 2 N–H and O–H groups in total. The third kappa shape index (κ3) is 3.60. The van der Waals surface area contributed by atoms with Crippen molar-refractivity contribution in [1.29, 1.82) is 0 Å². The molecule has 0 aliphatic heterocycles. The zero-order valence-corrected chi connectivity index (χ0v) is 12.5. The number of nitrogens with zero attached hydrogens (tertiary/aromatic N) is 1. The molecule has 1 heterocycles. The zero-order chi connectivity index (χ0) is 15.5. The Morgan fingerprint density at radius 3 is 2.71 bits per heavy atom. The van der Waals surface area contributed by atoms with E-state index in [-0.39, 0.29) is 18.0 Å². The summed E-state index contributed by atoms with van der Waals surface area (Å²) in [5.74, 6) is 0.856. The van der Waals surface area contributed by atoms with E-state index in [0.29, 0.717) is 22.8 Å². The van der Waals surface area contributed by atoms with Crippen LogP contribution in [0.4, 0.5) is 0 Å². The van der Waals surface area contributed by atoms with Crippen molar-refractivity contribution in [3.05, 3.63) is 41.3 Å². The summed E-state index contributed by atoms with van der Waals surface area (Å²) in [6.45, 7) is 1.44. The average molecular weight is 312 g/mol. The van der Waals surface area contributed by atoms with Crippen molar-refractivity contribution in [3.63, 3.8) is 0 Å². The minimum Gasteiger partial charge on any atom is -0.496 e. The third-order valence-corrected chi connectivity index (χ3v) is 4.24. The van der Waals surface area contributed by atoms with Gasteiger partial charge in [-0.2, -0.15) is 0 Å². The number of rotatable bonds is 6. The van der Waals surface area contributed by atoms with Crippen molar-refractivity contribution >= 4 is 10.0 Å². The molecule has 0 saturated heterocycles. The van der Waals surface area contributed by atoms with Crippen LogP contribution >= 0.6 is 0 Å². The highest BCUT2D eigenvalue weighted by Crippen LogP contribution is 2.22. The molecular weight excluding hydrogens is 296 g/mol. The summed E-state index contributed by atoms with van der Waals surface area (Å²) in [6.07, 6.45) is 0. The van der Waals surface area contributed by atoms with Gasteiger partial charge in [0.05, 0.1) is 30.9 Å². The van der Waals surface area contributed by atoms with Crippen molar-refractivity contribution in [2.45, 2.75) is 25.0 Å². The molecule has 0 fully saturated rings. The lowest BCUT2D eigenvalue weighted by molar-refractivity contribution is 0.273. The van der Waals surface area contributed by atoms with E-state index in [1.54, 1.807) is 13.0 Å². The SMILES string of the molecule is COc1ccc(S(=O)(=O)NCc2cc(C)no2)cc1CO. The molecule has 21 heavy (non-hydrogen) atoms. The lowest BCUT2D eigenvalue weighted by Crippen LogP contribution is -2.23. The molecule has 114 valence electrons. The summed E-state index contributed by atoms with van der Waals surface area (Å²) in [6, 6.07) is 5.92. The fourth-order valence-corrected chi connectivity index (χ4v) is 2.84. The Morgan fingerprint density at radius 2 is 2.14 bits per heavy atom. The first-order valence-corrected chi connectivity index (χ1v) is 7.64. The van der Waals surface area contributed by atoms with E-state index in [1.165, 1.54) is 25.3 Å². The highest BCUT2D eigenvalue weighted by atomic mass is 32.2. The predicted molar refractivity (Wildman–Crippen MR) is 74.2 cm³/mol. The van der Waals surface area contributed by atoms with Gasteiger partial charge in [-0.25, -0.2) is 13.1 Å². The molecule has 7 nitrogen and oxygen atoms in total. The maximum atomic E-state index is 12.2. The Labute approximate surface area is 122 Å². The van der Waals surface area contributed by atoms with Crippen molar-refractivity contribution < 1.29 is 22.8 Å². The van der Waals surface area contributed by atoms with Gasteiger partial charge in [0, 0.05) is 11.6 Å². The Balaban J connectivity index is 2.19. The smallest absolute Gasteiger partial charge is 0.240 e. The van der Waals surface area contributed by atoms with Crippen molar-refractivity contribution in [1.82, 2.24) is 9.88 Å². The maximum absolute atomic E-state index is 12.2. The van der Waals surface area contributed by atoms with E-state index in [4.69, 9.17) is 9.26 Å². The number of methoxy groups -OCH3 is 1. The molecule has 1 aromatic heterocycles. The minimum absolute atomic E-state index is 0.00363. The van der Waals surface area contributed by atoms with Crippen LogP contribution in [0, 0.1) is 6.92 Å². The second-order valence-corrected chi connectivity index (χ2v) is 6.16. The van der Waals surface area contributed by atoms with Crippen LogP contribution in [0.25, 0.3) is 0 Å². The van der Waals surface area contributed by atoms with Gasteiger partial charge >= 0.3 is 0 Å². The van der Waals surface area contributed by atoms with E-state index < -0.39 is 10.0 Å². The van der Waals surface area contributed by atoms with Crippen LogP contribution in [0.5, 0.6) is 5.75 Å². The number of sulfonamides is 1. The van der Waals surface area contributed by atoms with Crippen LogP contribution < -0.4 is 9.46 Å². The van der Waals surface area contributed by atoms with Crippen LogP contribution in [0.15, 0.2) is 33.7 Å². The van der Waals surface area contributed by atoms with Gasteiger partial charge in [0.2, 0.25) is 10.0 Å². The first kappa shape index (κ1) is 15.5. The average Bonchev–Trinajstić information content (AvgIpc) is 2.90. The molecule has 0 bridgehead atoms.